The molecule has 0 fully saturated rings. The van der Waals surface area contributed by atoms with Crippen LogP contribution in [0.3, 0.4) is 0 Å². The zero-order valence-electron chi connectivity index (χ0n) is 12.2. The van der Waals surface area contributed by atoms with Crippen molar-refractivity contribution in [3.63, 3.8) is 0 Å². The van der Waals surface area contributed by atoms with E-state index in [0.29, 0.717) is 11.7 Å². The fourth-order valence-corrected chi connectivity index (χ4v) is 2.34. The summed E-state index contributed by atoms with van der Waals surface area (Å²) in [4.78, 5) is 16.0. The van der Waals surface area contributed by atoms with Gasteiger partial charge in [0.2, 0.25) is 5.89 Å². The van der Waals surface area contributed by atoms with E-state index in [1.807, 2.05) is 54.6 Å². The summed E-state index contributed by atoms with van der Waals surface area (Å²) in [5, 5.41) is 0. The molecule has 3 rings (SSSR count). The molecular formula is C18H14BrNO3. The normalized spacial score (nSPS) is 10.5. The molecule has 0 aliphatic rings. The van der Waals surface area contributed by atoms with Crippen molar-refractivity contribution in [2.45, 2.75) is 13.0 Å². The fourth-order valence-electron chi connectivity index (χ4n) is 2.08. The van der Waals surface area contributed by atoms with Gasteiger partial charge in [-0.2, -0.15) is 0 Å². The van der Waals surface area contributed by atoms with Gasteiger partial charge in [-0.25, -0.2) is 4.98 Å². The summed E-state index contributed by atoms with van der Waals surface area (Å²) in [6.07, 6.45) is 1.85. The minimum absolute atomic E-state index is 0.0300. The lowest BCUT2D eigenvalue weighted by molar-refractivity contribution is -0.144. The Balaban J connectivity index is 1.55. The molecule has 23 heavy (non-hydrogen) atoms. The molecule has 0 N–H and O–H groups in total. The number of oxazole rings is 1. The number of benzene rings is 2. The van der Waals surface area contributed by atoms with Gasteiger partial charge in [0.15, 0.2) is 12.4 Å². The minimum atomic E-state index is -0.313. The Kier molecular flexibility index (Phi) is 4.88. The third kappa shape index (κ3) is 4.29. The largest absolute Gasteiger partial charge is 0.455 e. The van der Waals surface area contributed by atoms with Crippen molar-refractivity contribution in [1.82, 2.24) is 4.98 Å². The van der Waals surface area contributed by atoms with Gasteiger partial charge in [-0.1, -0.05) is 58.4 Å². The van der Waals surface area contributed by atoms with E-state index in [1.165, 1.54) is 0 Å². The van der Waals surface area contributed by atoms with Crippen LogP contribution in [0.1, 0.15) is 11.5 Å². The molecule has 116 valence electrons. The first-order valence-electron chi connectivity index (χ1n) is 7.11. The molecule has 0 saturated carbocycles. The van der Waals surface area contributed by atoms with E-state index >= 15 is 0 Å². The van der Waals surface area contributed by atoms with E-state index in [9.17, 15) is 4.79 Å². The Morgan fingerprint density at radius 1 is 1.09 bits per heavy atom. The number of carbonyl (C=O) groups excluding carboxylic acids is 1. The van der Waals surface area contributed by atoms with Gasteiger partial charge in [-0.15, -0.1) is 0 Å². The van der Waals surface area contributed by atoms with Crippen molar-refractivity contribution in [2.75, 3.05) is 0 Å². The van der Waals surface area contributed by atoms with Crippen LogP contribution in [-0.2, 0) is 22.6 Å². The molecule has 0 atom stereocenters. The number of hydrogen-bond donors (Lipinski definition) is 0. The second-order valence-electron chi connectivity index (χ2n) is 4.95. The maximum atomic E-state index is 11.8. The predicted molar refractivity (Wildman–Crippen MR) is 89.6 cm³/mol. The molecule has 4 nitrogen and oxygen atoms in total. The monoisotopic (exact) mass is 371 g/mol. The zero-order chi connectivity index (χ0) is 16.1. The van der Waals surface area contributed by atoms with Gasteiger partial charge in [0.05, 0.1) is 12.6 Å². The van der Waals surface area contributed by atoms with Gasteiger partial charge in [0.1, 0.15) is 0 Å². The lowest BCUT2D eigenvalue weighted by atomic mass is 10.2. The highest BCUT2D eigenvalue weighted by atomic mass is 79.9. The maximum absolute atomic E-state index is 11.8. The van der Waals surface area contributed by atoms with Crippen molar-refractivity contribution < 1.29 is 13.9 Å². The van der Waals surface area contributed by atoms with Crippen molar-refractivity contribution in [3.8, 4) is 11.3 Å². The number of esters is 1. The highest BCUT2D eigenvalue weighted by molar-refractivity contribution is 9.10. The molecule has 5 heteroatoms. The van der Waals surface area contributed by atoms with E-state index in [-0.39, 0.29) is 19.0 Å². The van der Waals surface area contributed by atoms with Crippen molar-refractivity contribution in [3.05, 3.63) is 76.7 Å². The van der Waals surface area contributed by atoms with Crippen LogP contribution in [0.5, 0.6) is 0 Å². The Morgan fingerprint density at radius 2 is 1.83 bits per heavy atom. The molecule has 0 radical (unpaired) electrons. The number of halogens is 1. The molecule has 1 aromatic heterocycles. The number of hydrogen-bond acceptors (Lipinski definition) is 4. The molecule has 0 unspecified atom stereocenters. The number of aromatic nitrogens is 1. The van der Waals surface area contributed by atoms with Crippen LogP contribution in [0, 0.1) is 0 Å². The molecule has 0 aliphatic heterocycles. The standard InChI is InChI=1S/C18H14BrNO3/c19-15-8-6-13(7-9-15)10-18(21)22-12-17-20-11-16(23-17)14-4-2-1-3-5-14/h1-9,11H,10,12H2. The van der Waals surface area contributed by atoms with Crippen LogP contribution < -0.4 is 0 Å². The molecule has 1 heterocycles. The molecule has 0 bridgehead atoms. The molecule has 0 spiro atoms. The highest BCUT2D eigenvalue weighted by Gasteiger charge is 2.10. The lowest BCUT2D eigenvalue weighted by Crippen LogP contribution is -2.08. The molecule has 0 saturated heterocycles. The molecule has 2 aromatic carbocycles. The highest BCUT2D eigenvalue weighted by Crippen LogP contribution is 2.20. The van der Waals surface area contributed by atoms with Gasteiger partial charge in [0.25, 0.3) is 0 Å². The van der Waals surface area contributed by atoms with Crippen molar-refractivity contribution in [2.24, 2.45) is 0 Å². The first-order valence-corrected chi connectivity index (χ1v) is 7.90. The third-order valence-corrected chi connectivity index (χ3v) is 3.76. The average molecular weight is 372 g/mol. The Bertz CT molecular complexity index is 782. The molecule has 0 aliphatic carbocycles. The summed E-state index contributed by atoms with van der Waals surface area (Å²) in [5.41, 5.74) is 1.84. The Morgan fingerprint density at radius 3 is 2.57 bits per heavy atom. The second-order valence-corrected chi connectivity index (χ2v) is 5.86. The average Bonchev–Trinajstić information content (AvgIpc) is 3.05. The Labute approximate surface area is 142 Å². The predicted octanol–water partition coefficient (Wildman–Crippen LogP) is 4.39. The summed E-state index contributed by atoms with van der Waals surface area (Å²) in [5.74, 6) is 0.726. The van der Waals surface area contributed by atoms with Crippen LogP contribution in [0.15, 0.2) is 69.7 Å². The van der Waals surface area contributed by atoms with Crippen molar-refractivity contribution >= 4 is 21.9 Å². The number of nitrogens with zero attached hydrogens (tertiary/aromatic N) is 1. The summed E-state index contributed by atoms with van der Waals surface area (Å²) in [6, 6.07) is 17.2. The smallest absolute Gasteiger partial charge is 0.310 e. The topological polar surface area (TPSA) is 52.3 Å². The second kappa shape index (κ2) is 7.24. The van der Waals surface area contributed by atoms with Gasteiger partial charge >= 0.3 is 5.97 Å². The van der Waals surface area contributed by atoms with E-state index in [2.05, 4.69) is 20.9 Å². The van der Waals surface area contributed by atoms with E-state index in [1.54, 1.807) is 6.20 Å². The van der Waals surface area contributed by atoms with Crippen LogP contribution in [0.4, 0.5) is 0 Å². The van der Waals surface area contributed by atoms with Gasteiger partial charge in [-0.05, 0) is 17.7 Å². The summed E-state index contributed by atoms with van der Waals surface area (Å²) < 4.78 is 11.8. The molecule has 3 aromatic rings. The summed E-state index contributed by atoms with van der Waals surface area (Å²) in [7, 11) is 0. The van der Waals surface area contributed by atoms with Crippen LogP contribution in [-0.4, -0.2) is 11.0 Å². The summed E-state index contributed by atoms with van der Waals surface area (Å²) in [6.45, 7) is 0.0300. The van der Waals surface area contributed by atoms with E-state index < -0.39 is 0 Å². The quantitative estimate of drug-likeness (QED) is 0.624. The van der Waals surface area contributed by atoms with E-state index in [0.717, 1.165) is 15.6 Å². The van der Waals surface area contributed by atoms with Gasteiger partial charge in [0, 0.05) is 10.0 Å². The van der Waals surface area contributed by atoms with Crippen LogP contribution >= 0.6 is 15.9 Å². The maximum Gasteiger partial charge on any atom is 0.310 e. The van der Waals surface area contributed by atoms with E-state index in [4.69, 9.17) is 9.15 Å². The fraction of sp³-hybridized carbons (Fsp3) is 0.111. The first-order chi connectivity index (χ1) is 11.2. The van der Waals surface area contributed by atoms with Crippen LogP contribution in [0.25, 0.3) is 11.3 Å². The first kappa shape index (κ1) is 15.5. The zero-order valence-corrected chi connectivity index (χ0v) is 13.8. The van der Waals surface area contributed by atoms with Crippen LogP contribution in [0.2, 0.25) is 0 Å². The SMILES string of the molecule is O=C(Cc1ccc(Br)cc1)OCc1ncc(-c2ccccc2)o1. The molecule has 0 amide bonds. The minimum Gasteiger partial charge on any atom is -0.455 e. The van der Waals surface area contributed by atoms with Crippen molar-refractivity contribution in [1.29, 1.82) is 0 Å². The molecular weight excluding hydrogens is 358 g/mol. The Hall–Kier alpha value is -2.40. The third-order valence-electron chi connectivity index (χ3n) is 3.23. The number of rotatable bonds is 5. The number of carbonyl (C=O) groups is 1. The van der Waals surface area contributed by atoms with Gasteiger partial charge < -0.3 is 9.15 Å². The number of ether oxygens (including phenoxy) is 1. The van der Waals surface area contributed by atoms with Gasteiger partial charge in [-0.3, -0.25) is 4.79 Å². The summed E-state index contributed by atoms with van der Waals surface area (Å²) >= 11 is 3.36. The lowest BCUT2D eigenvalue weighted by Gasteiger charge is -2.03.